The van der Waals surface area contributed by atoms with Crippen LogP contribution < -0.4 is 10.1 Å². The molecule has 0 atom stereocenters. The lowest BCUT2D eigenvalue weighted by Gasteiger charge is -2.03. The highest BCUT2D eigenvalue weighted by atomic mass is 35.5. The Bertz CT molecular complexity index is 514. The van der Waals surface area contributed by atoms with Gasteiger partial charge in [-0.3, -0.25) is 4.68 Å². The average Bonchev–Trinajstić information content (AvgIpc) is 2.72. The van der Waals surface area contributed by atoms with E-state index in [0.29, 0.717) is 18.3 Å². The Morgan fingerprint density at radius 2 is 2.24 bits per heavy atom. The number of hydrogen-bond donors (Lipinski definition) is 1. The van der Waals surface area contributed by atoms with Gasteiger partial charge >= 0.3 is 6.01 Å². The summed E-state index contributed by atoms with van der Waals surface area (Å²) in [7, 11) is 3.25. The van der Waals surface area contributed by atoms with E-state index >= 15 is 0 Å². The summed E-state index contributed by atoms with van der Waals surface area (Å²) in [6.45, 7) is 0.393. The number of ether oxygens (including phenoxy) is 1. The van der Waals surface area contributed by atoms with Gasteiger partial charge in [0, 0.05) is 7.05 Å². The monoisotopic (exact) mass is 255 g/mol. The highest BCUT2D eigenvalue weighted by Crippen LogP contribution is 2.10. The average molecular weight is 256 g/mol. The Kier molecular flexibility index (Phi) is 3.33. The van der Waals surface area contributed by atoms with E-state index in [9.17, 15) is 0 Å². The first-order valence-electron chi connectivity index (χ1n) is 4.71. The van der Waals surface area contributed by atoms with Gasteiger partial charge in [0.25, 0.3) is 0 Å². The molecular formula is C8H10ClN7O. The molecule has 17 heavy (non-hydrogen) atoms. The van der Waals surface area contributed by atoms with Crippen LogP contribution in [0.1, 0.15) is 5.82 Å². The van der Waals surface area contributed by atoms with Gasteiger partial charge in [-0.1, -0.05) is 0 Å². The molecule has 2 rings (SSSR count). The Balaban J connectivity index is 2.05. The normalized spacial score (nSPS) is 10.3. The van der Waals surface area contributed by atoms with Gasteiger partial charge in [0.15, 0.2) is 5.82 Å². The molecule has 8 nitrogen and oxygen atoms in total. The maximum atomic E-state index is 5.70. The van der Waals surface area contributed by atoms with Crippen molar-refractivity contribution >= 4 is 17.5 Å². The summed E-state index contributed by atoms with van der Waals surface area (Å²) in [6.07, 6.45) is 1.61. The molecule has 0 saturated carbocycles. The first kappa shape index (κ1) is 11.5. The number of halogens is 1. The SMILES string of the molecule is COc1nc(Cl)nc(NCc2ncn(C)n2)n1. The number of aryl methyl sites for hydroxylation is 1. The Labute approximate surface area is 102 Å². The molecular weight excluding hydrogens is 246 g/mol. The molecule has 0 aliphatic heterocycles. The van der Waals surface area contributed by atoms with E-state index in [4.69, 9.17) is 16.3 Å². The van der Waals surface area contributed by atoms with Crippen LogP contribution in [-0.2, 0) is 13.6 Å². The van der Waals surface area contributed by atoms with E-state index in [2.05, 4.69) is 30.4 Å². The second-order valence-corrected chi connectivity index (χ2v) is 3.44. The van der Waals surface area contributed by atoms with Crippen LogP contribution in [0.15, 0.2) is 6.33 Å². The Hall–Kier alpha value is -1.96. The third-order valence-corrected chi connectivity index (χ3v) is 1.99. The Morgan fingerprint density at radius 1 is 1.41 bits per heavy atom. The fraction of sp³-hybridized carbons (Fsp3) is 0.375. The fourth-order valence-electron chi connectivity index (χ4n) is 1.13. The van der Waals surface area contributed by atoms with Crippen molar-refractivity contribution in [2.24, 2.45) is 7.05 Å². The van der Waals surface area contributed by atoms with Gasteiger partial charge < -0.3 is 10.1 Å². The lowest BCUT2D eigenvalue weighted by Crippen LogP contribution is -2.07. The molecule has 0 saturated heterocycles. The highest BCUT2D eigenvalue weighted by molar-refractivity contribution is 6.28. The molecule has 0 bridgehead atoms. The van der Waals surface area contributed by atoms with Crippen LogP contribution in [0.2, 0.25) is 5.28 Å². The third kappa shape index (κ3) is 3.00. The van der Waals surface area contributed by atoms with Gasteiger partial charge in [-0.05, 0) is 11.6 Å². The zero-order valence-electron chi connectivity index (χ0n) is 9.25. The summed E-state index contributed by atoms with van der Waals surface area (Å²) in [5.74, 6) is 0.942. The number of aromatic nitrogens is 6. The van der Waals surface area contributed by atoms with Crippen LogP contribution in [0.4, 0.5) is 5.95 Å². The lowest BCUT2D eigenvalue weighted by molar-refractivity contribution is 0.379. The number of anilines is 1. The zero-order valence-corrected chi connectivity index (χ0v) is 10.0. The van der Waals surface area contributed by atoms with E-state index in [1.165, 1.54) is 7.11 Å². The van der Waals surface area contributed by atoms with Crippen molar-refractivity contribution in [2.45, 2.75) is 6.54 Å². The van der Waals surface area contributed by atoms with E-state index < -0.39 is 0 Å². The second kappa shape index (κ2) is 4.91. The van der Waals surface area contributed by atoms with Crippen LogP contribution in [0.3, 0.4) is 0 Å². The molecule has 2 aromatic heterocycles. The van der Waals surface area contributed by atoms with Gasteiger partial charge in [0.1, 0.15) is 6.33 Å². The van der Waals surface area contributed by atoms with E-state index in [1.807, 2.05) is 0 Å². The largest absolute Gasteiger partial charge is 0.467 e. The molecule has 2 heterocycles. The fourth-order valence-corrected chi connectivity index (χ4v) is 1.28. The van der Waals surface area contributed by atoms with Crippen LogP contribution >= 0.6 is 11.6 Å². The predicted octanol–water partition coefficient (Wildman–Crippen LogP) is 0.274. The van der Waals surface area contributed by atoms with Gasteiger partial charge in [-0.15, -0.1) is 0 Å². The standard InChI is InChI=1S/C8H10ClN7O/c1-16-4-11-5(15-16)3-10-7-12-6(9)13-8(14-7)17-2/h4H,3H2,1-2H3,(H,10,12,13,14). The second-order valence-electron chi connectivity index (χ2n) is 3.10. The maximum absolute atomic E-state index is 5.70. The van der Waals surface area contributed by atoms with Crippen molar-refractivity contribution < 1.29 is 4.74 Å². The number of rotatable bonds is 4. The quantitative estimate of drug-likeness (QED) is 0.839. The molecule has 0 aromatic carbocycles. The zero-order chi connectivity index (χ0) is 12.3. The van der Waals surface area contributed by atoms with E-state index in [1.54, 1.807) is 18.1 Å². The van der Waals surface area contributed by atoms with Crippen molar-refractivity contribution in [3.8, 4) is 6.01 Å². The Morgan fingerprint density at radius 3 is 2.88 bits per heavy atom. The molecule has 90 valence electrons. The van der Waals surface area contributed by atoms with Gasteiger partial charge in [-0.2, -0.15) is 20.1 Å². The molecule has 0 fully saturated rings. The highest BCUT2D eigenvalue weighted by Gasteiger charge is 2.05. The first-order valence-corrected chi connectivity index (χ1v) is 5.09. The molecule has 9 heteroatoms. The van der Waals surface area contributed by atoms with E-state index in [-0.39, 0.29) is 11.3 Å². The summed E-state index contributed by atoms with van der Waals surface area (Å²) in [4.78, 5) is 15.7. The van der Waals surface area contributed by atoms with Crippen LogP contribution in [0.5, 0.6) is 6.01 Å². The summed E-state index contributed by atoms with van der Waals surface area (Å²) < 4.78 is 6.48. The predicted molar refractivity (Wildman–Crippen MR) is 59.7 cm³/mol. The van der Waals surface area contributed by atoms with Crippen molar-refractivity contribution in [2.75, 3.05) is 12.4 Å². The van der Waals surface area contributed by atoms with E-state index in [0.717, 1.165) is 0 Å². The molecule has 1 N–H and O–H groups in total. The van der Waals surface area contributed by atoms with Crippen molar-refractivity contribution in [1.82, 2.24) is 29.7 Å². The lowest BCUT2D eigenvalue weighted by atomic mass is 10.6. The molecule has 0 aliphatic carbocycles. The summed E-state index contributed by atoms with van der Waals surface area (Å²) in [5.41, 5.74) is 0. The smallest absolute Gasteiger partial charge is 0.322 e. The van der Waals surface area contributed by atoms with Crippen LogP contribution in [-0.4, -0.2) is 36.8 Å². The van der Waals surface area contributed by atoms with Crippen LogP contribution in [0.25, 0.3) is 0 Å². The van der Waals surface area contributed by atoms with Gasteiger partial charge in [-0.25, -0.2) is 4.98 Å². The third-order valence-electron chi connectivity index (χ3n) is 1.82. The number of hydrogen-bond acceptors (Lipinski definition) is 7. The minimum Gasteiger partial charge on any atom is -0.467 e. The van der Waals surface area contributed by atoms with Gasteiger partial charge in [0.2, 0.25) is 11.2 Å². The molecule has 0 unspecified atom stereocenters. The maximum Gasteiger partial charge on any atom is 0.322 e. The summed E-state index contributed by atoms with van der Waals surface area (Å²) >= 11 is 5.70. The molecule has 2 aromatic rings. The minimum absolute atomic E-state index is 0.0633. The number of methoxy groups -OCH3 is 1. The molecule has 0 spiro atoms. The number of nitrogens with zero attached hydrogens (tertiary/aromatic N) is 6. The molecule has 0 radical (unpaired) electrons. The topological polar surface area (TPSA) is 90.6 Å². The molecule has 0 aliphatic rings. The van der Waals surface area contributed by atoms with Crippen molar-refractivity contribution in [1.29, 1.82) is 0 Å². The summed E-state index contributed by atoms with van der Waals surface area (Å²) in [5, 5.41) is 7.09. The van der Waals surface area contributed by atoms with Crippen molar-refractivity contribution in [3.05, 3.63) is 17.4 Å². The summed E-state index contributed by atoms with van der Waals surface area (Å²) in [6, 6.07) is 0.154. The van der Waals surface area contributed by atoms with Gasteiger partial charge in [0.05, 0.1) is 13.7 Å². The van der Waals surface area contributed by atoms with Crippen molar-refractivity contribution in [3.63, 3.8) is 0 Å². The molecule has 0 amide bonds. The first-order chi connectivity index (χ1) is 8.17. The number of nitrogens with one attached hydrogen (secondary N) is 1. The van der Waals surface area contributed by atoms with Crippen LogP contribution in [0, 0.1) is 0 Å². The minimum atomic E-state index is 0.0633.